The second-order valence-corrected chi connectivity index (χ2v) is 8.63. The van der Waals surface area contributed by atoms with Crippen molar-refractivity contribution in [1.29, 1.82) is 0 Å². The van der Waals surface area contributed by atoms with Gasteiger partial charge in [-0.1, -0.05) is 11.6 Å². The number of hydrogen-bond donors (Lipinski definition) is 2. The van der Waals surface area contributed by atoms with Crippen LogP contribution in [0, 0.1) is 12.8 Å². The third-order valence-electron chi connectivity index (χ3n) is 5.80. The highest BCUT2D eigenvalue weighted by atomic mass is 35.5. The van der Waals surface area contributed by atoms with Gasteiger partial charge in [-0.3, -0.25) is 14.4 Å². The van der Waals surface area contributed by atoms with Gasteiger partial charge in [-0.15, -0.1) is 0 Å². The first-order valence-electron chi connectivity index (χ1n) is 10.9. The van der Waals surface area contributed by atoms with Crippen LogP contribution in [0.4, 0.5) is 0 Å². The lowest BCUT2D eigenvalue weighted by atomic mass is 9.87. The molecular weight excluding hydrogens is 430 g/mol. The van der Waals surface area contributed by atoms with Crippen molar-refractivity contribution in [1.82, 2.24) is 5.32 Å². The molecule has 6 nitrogen and oxygen atoms in total. The maximum absolute atomic E-state index is 12.6. The largest absolute Gasteiger partial charge is 0.490 e. The second kappa shape index (κ2) is 11.1. The number of carbonyl (C=O) groups is 3. The van der Waals surface area contributed by atoms with Gasteiger partial charge in [0.2, 0.25) is 0 Å². The molecule has 0 aromatic heterocycles. The summed E-state index contributed by atoms with van der Waals surface area (Å²) in [6.45, 7) is 2.29. The van der Waals surface area contributed by atoms with Gasteiger partial charge >= 0.3 is 5.97 Å². The highest BCUT2D eigenvalue weighted by molar-refractivity contribution is 6.30. The van der Waals surface area contributed by atoms with Gasteiger partial charge in [0.05, 0.1) is 12.0 Å². The van der Waals surface area contributed by atoms with E-state index in [9.17, 15) is 14.4 Å². The van der Waals surface area contributed by atoms with Crippen molar-refractivity contribution >= 4 is 29.3 Å². The van der Waals surface area contributed by atoms with E-state index >= 15 is 0 Å². The van der Waals surface area contributed by atoms with Gasteiger partial charge in [0.1, 0.15) is 5.75 Å². The molecule has 0 aliphatic heterocycles. The Bertz CT molecular complexity index is 965. The van der Waals surface area contributed by atoms with Gasteiger partial charge in [0.15, 0.2) is 5.78 Å². The minimum absolute atomic E-state index is 0.0100. The van der Waals surface area contributed by atoms with Crippen molar-refractivity contribution in [2.24, 2.45) is 5.92 Å². The summed E-state index contributed by atoms with van der Waals surface area (Å²) >= 11 is 5.83. The molecule has 0 unspecified atom stereocenters. The van der Waals surface area contributed by atoms with E-state index < -0.39 is 5.97 Å². The van der Waals surface area contributed by atoms with E-state index in [0.29, 0.717) is 54.1 Å². The number of aryl methyl sites for hydroxylation is 1. The van der Waals surface area contributed by atoms with E-state index in [1.54, 1.807) is 36.4 Å². The Hall–Kier alpha value is -2.86. The molecule has 2 aromatic carbocycles. The standard InChI is InChI=1S/C25H28ClNO5/c1-16-15-21(32-20-10-6-18(7-11-20)25(30)31)12-13-22(16)23(28)3-2-14-27-24(29)17-4-8-19(26)9-5-17/h4-5,8-9,12-13,15,18,20H,2-3,6-7,10-11,14H2,1H3,(H,27,29)(H,30,31). The molecule has 170 valence electrons. The van der Waals surface area contributed by atoms with Crippen LogP contribution < -0.4 is 10.1 Å². The van der Waals surface area contributed by atoms with E-state index in [1.165, 1.54) is 0 Å². The lowest BCUT2D eigenvalue weighted by Gasteiger charge is -2.27. The molecule has 0 bridgehead atoms. The maximum atomic E-state index is 12.6. The Kier molecular flexibility index (Phi) is 8.28. The average molecular weight is 458 g/mol. The lowest BCUT2D eigenvalue weighted by Crippen LogP contribution is -2.27. The van der Waals surface area contributed by atoms with E-state index in [0.717, 1.165) is 18.4 Å². The number of amides is 1. The predicted octanol–water partition coefficient (Wildman–Crippen LogP) is 5.06. The number of benzene rings is 2. The zero-order valence-corrected chi connectivity index (χ0v) is 18.9. The SMILES string of the molecule is Cc1cc(OC2CCC(C(=O)O)CC2)ccc1C(=O)CCCNC(=O)c1ccc(Cl)cc1. The summed E-state index contributed by atoms with van der Waals surface area (Å²) in [5, 5.41) is 12.5. The van der Waals surface area contributed by atoms with E-state index in [-0.39, 0.29) is 23.7 Å². The molecule has 3 rings (SSSR count). The summed E-state index contributed by atoms with van der Waals surface area (Å²) in [5.41, 5.74) is 2.02. The highest BCUT2D eigenvalue weighted by Gasteiger charge is 2.27. The fraction of sp³-hybridized carbons (Fsp3) is 0.400. The van der Waals surface area contributed by atoms with Crippen LogP contribution in [-0.2, 0) is 4.79 Å². The molecule has 2 N–H and O–H groups in total. The predicted molar refractivity (Wildman–Crippen MR) is 123 cm³/mol. The minimum atomic E-state index is -0.730. The van der Waals surface area contributed by atoms with Crippen molar-refractivity contribution in [2.75, 3.05) is 6.54 Å². The summed E-state index contributed by atoms with van der Waals surface area (Å²) in [6, 6.07) is 12.1. The van der Waals surface area contributed by atoms with Crippen molar-refractivity contribution < 1.29 is 24.2 Å². The number of rotatable bonds is 9. The van der Waals surface area contributed by atoms with Crippen molar-refractivity contribution in [3.05, 3.63) is 64.2 Å². The van der Waals surface area contributed by atoms with E-state index in [1.807, 2.05) is 13.0 Å². The molecular formula is C25H28ClNO5. The number of ketones is 1. The molecule has 0 radical (unpaired) electrons. The van der Waals surface area contributed by atoms with Gasteiger partial charge in [0, 0.05) is 29.1 Å². The molecule has 2 aromatic rings. The average Bonchev–Trinajstić information content (AvgIpc) is 2.77. The van der Waals surface area contributed by atoms with Crippen LogP contribution in [0.1, 0.15) is 64.8 Å². The fourth-order valence-corrected chi connectivity index (χ4v) is 4.06. The molecule has 7 heteroatoms. The molecule has 0 heterocycles. The van der Waals surface area contributed by atoms with Crippen LogP contribution in [0.15, 0.2) is 42.5 Å². The first-order chi connectivity index (χ1) is 15.3. The number of halogens is 1. The zero-order chi connectivity index (χ0) is 23.1. The first-order valence-corrected chi connectivity index (χ1v) is 11.3. The zero-order valence-electron chi connectivity index (χ0n) is 18.1. The molecule has 1 saturated carbocycles. The second-order valence-electron chi connectivity index (χ2n) is 8.20. The number of carboxylic acid groups (broad SMARTS) is 1. The smallest absolute Gasteiger partial charge is 0.306 e. The van der Waals surface area contributed by atoms with Crippen molar-refractivity contribution in [3.63, 3.8) is 0 Å². The molecule has 1 amide bonds. The van der Waals surface area contributed by atoms with E-state index in [2.05, 4.69) is 5.32 Å². The maximum Gasteiger partial charge on any atom is 0.306 e. The third-order valence-corrected chi connectivity index (χ3v) is 6.05. The monoisotopic (exact) mass is 457 g/mol. The summed E-state index contributed by atoms with van der Waals surface area (Å²) in [6.07, 6.45) is 3.59. The van der Waals surface area contributed by atoms with Gasteiger partial charge < -0.3 is 15.2 Å². The molecule has 32 heavy (non-hydrogen) atoms. The number of carbonyl (C=O) groups excluding carboxylic acids is 2. The fourth-order valence-electron chi connectivity index (χ4n) is 3.93. The van der Waals surface area contributed by atoms with Crippen LogP contribution in [0.5, 0.6) is 5.75 Å². The summed E-state index contributed by atoms with van der Waals surface area (Å²) in [4.78, 5) is 35.8. The number of nitrogens with one attached hydrogen (secondary N) is 1. The molecule has 0 saturated heterocycles. The highest BCUT2D eigenvalue weighted by Crippen LogP contribution is 2.29. The normalized spacial score (nSPS) is 18.1. The van der Waals surface area contributed by atoms with Crippen LogP contribution in [0.2, 0.25) is 5.02 Å². The first kappa shape index (κ1) is 23.8. The van der Waals surface area contributed by atoms with Crippen LogP contribution in [0.25, 0.3) is 0 Å². The van der Waals surface area contributed by atoms with Crippen molar-refractivity contribution in [3.8, 4) is 5.75 Å². The number of Topliss-reactive ketones (excluding diaryl/α,β-unsaturated/α-hetero) is 1. The van der Waals surface area contributed by atoms with Gasteiger partial charge in [-0.25, -0.2) is 0 Å². The lowest BCUT2D eigenvalue weighted by molar-refractivity contribution is -0.143. The molecule has 1 aliphatic rings. The van der Waals surface area contributed by atoms with E-state index in [4.69, 9.17) is 21.4 Å². The topological polar surface area (TPSA) is 92.7 Å². The molecule has 1 fully saturated rings. The van der Waals surface area contributed by atoms with Gasteiger partial charge in [-0.2, -0.15) is 0 Å². The summed E-state index contributed by atoms with van der Waals surface area (Å²) in [7, 11) is 0. The van der Waals surface area contributed by atoms with Crippen molar-refractivity contribution in [2.45, 2.75) is 51.6 Å². The molecule has 1 aliphatic carbocycles. The number of aliphatic carboxylic acids is 1. The van der Waals surface area contributed by atoms with Gasteiger partial charge in [0.25, 0.3) is 5.91 Å². The third kappa shape index (κ3) is 6.57. The van der Waals surface area contributed by atoms with Crippen LogP contribution >= 0.6 is 11.6 Å². The molecule has 0 atom stereocenters. The number of ether oxygens (including phenoxy) is 1. The Morgan fingerprint density at radius 3 is 2.38 bits per heavy atom. The minimum Gasteiger partial charge on any atom is -0.490 e. The Morgan fingerprint density at radius 1 is 1.06 bits per heavy atom. The molecule has 0 spiro atoms. The van der Waals surface area contributed by atoms with Gasteiger partial charge in [-0.05, 0) is 87.1 Å². The Morgan fingerprint density at radius 2 is 1.75 bits per heavy atom. The van der Waals surface area contributed by atoms with Crippen LogP contribution in [0.3, 0.4) is 0 Å². The Labute approximate surface area is 192 Å². The quantitative estimate of drug-likeness (QED) is 0.405. The summed E-state index contributed by atoms with van der Waals surface area (Å²) < 4.78 is 6.01. The number of carboxylic acids is 1. The summed E-state index contributed by atoms with van der Waals surface area (Å²) in [5.74, 6) is -0.465. The van der Waals surface area contributed by atoms with Crippen LogP contribution in [-0.4, -0.2) is 35.4 Å². The number of hydrogen-bond acceptors (Lipinski definition) is 4. The Balaban J connectivity index is 1.44.